The van der Waals surface area contributed by atoms with Gasteiger partial charge in [0, 0.05) is 18.2 Å². The second kappa shape index (κ2) is 7.49. The van der Waals surface area contributed by atoms with E-state index in [2.05, 4.69) is 10.6 Å². The van der Waals surface area contributed by atoms with Crippen LogP contribution in [0, 0.1) is 0 Å². The molecule has 0 unspecified atom stereocenters. The third-order valence-corrected chi connectivity index (χ3v) is 3.64. The molecule has 0 bridgehead atoms. The van der Waals surface area contributed by atoms with E-state index in [9.17, 15) is 9.59 Å². The molecule has 5 nitrogen and oxygen atoms in total. The molecule has 0 aliphatic carbocycles. The number of furan rings is 1. The maximum atomic E-state index is 12.3. The summed E-state index contributed by atoms with van der Waals surface area (Å²) in [7, 11) is 0. The first kappa shape index (κ1) is 16.5. The maximum absolute atomic E-state index is 12.3. The lowest BCUT2D eigenvalue weighted by Crippen LogP contribution is -2.22. The summed E-state index contributed by atoms with van der Waals surface area (Å²) in [5.74, 6) is 0.409. The van der Waals surface area contributed by atoms with E-state index in [-0.39, 0.29) is 11.8 Å². The molecule has 0 saturated carbocycles. The number of nitrogens with one attached hydrogen (secondary N) is 2. The minimum Gasteiger partial charge on any atom is -0.467 e. The van der Waals surface area contributed by atoms with E-state index in [4.69, 9.17) is 4.42 Å². The average molecular weight is 334 g/mol. The van der Waals surface area contributed by atoms with Crippen LogP contribution in [0.5, 0.6) is 0 Å². The highest BCUT2D eigenvalue weighted by atomic mass is 16.3. The van der Waals surface area contributed by atoms with Gasteiger partial charge in [-0.25, -0.2) is 0 Å². The van der Waals surface area contributed by atoms with Gasteiger partial charge in [-0.05, 0) is 47.5 Å². The molecule has 0 atom stereocenters. The van der Waals surface area contributed by atoms with Gasteiger partial charge >= 0.3 is 0 Å². The molecule has 3 rings (SSSR count). The summed E-state index contributed by atoms with van der Waals surface area (Å²) in [6, 6.07) is 18.4. The van der Waals surface area contributed by atoms with E-state index in [0.29, 0.717) is 17.9 Å². The lowest BCUT2D eigenvalue weighted by molar-refractivity contribution is -0.114. The first-order valence-electron chi connectivity index (χ1n) is 7.90. The predicted molar refractivity (Wildman–Crippen MR) is 96.1 cm³/mol. The Morgan fingerprint density at radius 3 is 2.44 bits per heavy atom. The molecule has 0 saturated heterocycles. The molecule has 0 radical (unpaired) electrons. The number of anilines is 1. The van der Waals surface area contributed by atoms with Crippen molar-refractivity contribution in [1.29, 1.82) is 0 Å². The van der Waals surface area contributed by atoms with E-state index >= 15 is 0 Å². The van der Waals surface area contributed by atoms with Gasteiger partial charge in [-0.3, -0.25) is 9.59 Å². The second-order valence-electron chi connectivity index (χ2n) is 5.60. The average Bonchev–Trinajstić information content (AvgIpc) is 3.13. The van der Waals surface area contributed by atoms with Gasteiger partial charge in [0.15, 0.2) is 0 Å². The van der Waals surface area contributed by atoms with Crippen molar-refractivity contribution in [1.82, 2.24) is 5.32 Å². The molecule has 2 N–H and O–H groups in total. The Bertz CT molecular complexity index is 885. The molecule has 2 aromatic carbocycles. The van der Waals surface area contributed by atoms with Crippen molar-refractivity contribution in [3.8, 4) is 11.1 Å². The van der Waals surface area contributed by atoms with Crippen LogP contribution < -0.4 is 10.6 Å². The van der Waals surface area contributed by atoms with E-state index in [1.165, 1.54) is 6.92 Å². The highest BCUT2D eigenvalue weighted by Crippen LogP contribution is 2.23. The third-order valence-electron chi connectivity index (χ3n) is 3.64. The Kier molecular flexibility index (Phi) is 4.95. The summed E-state index contributed by atoms with van der Waals surface area (Å²) in [4.78, 5) is 23.5. The number of benzene rings is 2. The second-order valence-corrected chi connectivity index (χ2v) is 5.60. The fraction of sp³-hybridized carbons (Fsp3) is 0.100. The van der Waals surface area contributed by atoms with Crippen LogP contribution in [-0.2, 0) is 11.3 Å². The molecule has 1 aromatic heterocycles. The van der Waals surface area contributed by atoms with E-state index in [1.807, 2.05) is 48.5 Å². The number of hydrogen-bond acceptors (Lipinski definition) is 3. The number of hydrogen-bond donors (Lipinski definition) is 2. The van der Waals surface area contributed by atoms with E-state index in [0.717, 1.165) is 16.8 Å². The summed E-state index contributed by atoms with van der Waals surface area (Å²) >= 11 is 0. The van der Waals surface area contributed by atoms with Crippen LogP contribution >= 0.6 is 0 Å². The molecule has 0 aliphatic heterocycles. The predicted octanol–water partition coefficient (Wildman–Crippen LogP) is 3.84. The molecule has 25 heavy (non-hydrogen) atoms. The number of carbonyl (C=O) groups is 2. The molecule has 5 heteroatoms. The first-order chi connectivity index (χ1) is 12.1. The molecule has 0 aliphatic rings. The van der Waals surface area contributed by atoms with E-state index < -0.39 is 0 Å². The van der Waals surface area contributed by atoms with Crippen molar-refractivity contribution >= 4 is 17.5 Å². The highest BCUT2D eigenvalue weighted by molar-refractivity contribution is 5.95. The number of rotatable bonds is 5. The SMILES string of the molecule is CC(=O)Nc1cccc(-c2cccc(C(=O)NCc3ccco3)c2)c1. The Hall–Kier alpha value is -3.34. The van der Waals surface area contributed by atoms with Crippen molar-refractivity contribution in [3.63, 3.8) is 0 Å². The zero-order chi connectivity index (χ0) is 17.6. The Morgan fingerprint density at radius 1 is 0.960 bits per heavy atom. The van der Waals surface area contributed by atoms with Gasteiger partial charge < -0.3 is 15.1 Å². The van der Waals surface area contributed by atoms with Crippen LogP contribution in [0.3, 0.4) is 0 Å². The van der Waals surface area contributed by atoms with Gasteiger partial charge in [0.05, 0.1) is 12.8 Å². The zero-order valence-electron chi connectivity index (χ0n) is 13.8. The first-order valence-corrected chi connectivity index (χ1v) is 7.90. The van der Waals surface area contributed by atoms with Crippen LogP contribution in [0.1, 0.15) is 23.0 Å². The van der Waals surface area contributed by atoms with E-state index in [1.54, 1.807) is 18.4 Å². The van der Waals surface area contributed by atoms with Crippen molar-refractivity contribution in [3.05, 3.63) is 78.3 Å². The maximum Gasteiger partial charge on any atom is 0.251 e. The third kappa shape index (κ3) is 4.35. The lowest BCUT2D eigenvalue weighted by atomic mass is 10.0. The van der Waals surface area contributed by atoms with Gasteiger partial charge in [-0.2, -0.15) is 0 Å². The van der Waals surface area contributed by atoms with Crippen molar-refractivity contribution in [2.45, 2.75) is 13.5 Å². The Balaban J connectivity index is 1.76. The zero-order valence-corrected chi connectivity index (χ0v) is 13.8. The summed E-state index contributed by atoms with van der Waals surface area (Å²) in [5, 5.41) is 5.59. The minimum absolute atomic E-state index is 0.122. The van der Waals surface area contributed by atoms with Crippen molar-refractivity contribution in [2.75, 3.05) is 5.32 Å². The standard InChI is InChI=1S/C20H18N2O3/c1-14(23)22-18-8-3-6-16(12-18)15-5-2-7-17(11-15)20(24)21-13-19-9-4-10-25-19/h2-12H,13H2,1H3,(H,21,24)(H,22,23). The largest absolute Gasteiger partial charge is 0.467 e. The summed E-state index contributed by atoms with van der Waals surface area (Å²) in [6.45, 7) is 1.81. The fourth-order valence-corrected chi connectivity index (χ4v) is 2.50. The van der Waals surface area contributed by atoms with Crippen molar-refractivity contribution < 1.29 is 14.0 Å². The van der Waals surface area contributed by atoms with Gasteiger partial charge in [-0.15, -0.1) is 0 Å². The topological polar surface area (TPSA) is 71.3 Å². The monoisotopic (exact) mass is 334 g/mol. The van der Waals surface area contributed by atoms with Gasteiger partial charge in [-0.1, -0.05) is 24.3 Å². The smallest absolute Gasteiger partial charge is 0.251 e. The molecule has 1 heterocycles. The Labute approximate surface area is 145 Å². The summed E-state index contributed by atoms with van der Waals surface area (Å²) in [5.41, 5.74) is 3.11. The molecule has 2 amide bonds. The minimum atomic E-state index is -0.170. The highest BCUT2D eigenvalue weighted by Gasteiger charge is 2.08. The molecular weight excluding hydrogens is 316 g/mol. The Morgan fingerprint density at radius 2 is 1.72 bits per heavy atom. The molecule has 0 spiro atoms. The normalized spacial score (nSPS) is 10.3. The van der Waals surface area contributed by atoms with Crippen LogP contribution in [0.2, 0.25) is 0 Å². The molecule has 126 valence electrons. The quantitative estimate of drug-likeness (QED) is 0.745. The van der Waals surface area contributed by atoms with Gasteiger partial charge in [0.25, 0.3) is 5.91 Å². The molecular formula is C20H18N2O3. The van der Waals surface area contributed by atoms with Crippen LogP contribution in [0.4, 0.5) is 5.69 Å². The van der Waals surface area contributed by atoms with Crippen molar-refractivity contribution in [2.24, 2.45) is 0 Å². The van der Waals surface area contributed by atoms with Gasteiger partial charge in [0.2, 0.25) is 5.91 Å². The summed E-state index contributed by atoms with van der Waals surface area (Å²) < 4.78 is 5.21. The fourth-order valence-electron chi connectivity index (χ4n) is 2.50. The summed E-state index contributed by atoms with van der Waals surface area (Å²) in [6.07, 6.45) is 1.57. The van der Waals surface area contributed by atoms with Crippen LogP contribution in [-0.4, -0.2) is 11.8 Å². The molecule has 0 fully saturated rings. The van der Waals surface area contributed by atoms with Crippen LogP contribution in [0.25, 0.3) is 11.1 Å². The number of amides is 2. The molecule has 3 aromatic rings. The lowest BCUT2D eigenvalue weighted by Gasteiger charge is -2.08. The van der Waals surface area contributed by atoms with Crippen LogP contribution in [0.15, 0.2) is 71.3 Å². The number of carbonyl (C=O) groups excluding carboxylic acids is 2. The van der Waals surface area contributed by atoms with Gasteiger partial charge in [0.1, 0.15) is 5.76 Å².